The zero-order valence-corrected chi connectivity index (χ0v) is 9.25. The Kier molecular flexibility index (Phi) is 2.15. The third kappa shape index (κ3) is 1.36. The molecule has 2 atom stereocenters. The summed E-state index contributed by atoms with van der Waals surface area (Å²) in [6.07, 6.45) is 0. The number of rotatable bonds is 2. The van der Waals surface area contributed by atoms with Crippen molar-refractivity contribution in [2.75, 3.05) is 6.54 Å². The van der Waals surface area contributed by atoms with Crippen LogP contribution >= 0.6 is 0 Å². The van der Waals surface area contributed by atoms with E-state index in [1.807, 2.05) is 0 Å². The van der Waals surface area contributed by atoms with Gasteiger partial charge in [0.05, 0.1) is 0 Å². The summed E-state index contributed by atoms with van der Waals surface area (Å²) >= 11 is 0. The first-order valence-electron chi connectivity index (χ1n) is 5.34. The monoisotopic (exact) mass is 189 g/mol. The van der Waals surface area contributed by atoms with Crippen LogP contribution in [0.2, 0.25) is 0 Å². The standard InChI is InChI=1S/C13H19N/c1-9-4-6-10(7-5-9)12-11(8-14)13(12,2)3/h4-7,11-12H,8,14H2,1-3H3/t11-,12-/m0/s1. The number of nitrogens with two attached hydrogens (primary N) is 1. The van der Waals surface area contributed by atoms with Crippen molar-refractivity contribution < 1.29 is 0 Å². The molecular formula is C13H19N. The molecule has 0 aromatic heterocycles. The third-order valence-electron chi connectivity index (χ3n) is 3.74. The molecule has 1 nitrogen and oxygen atoms in total. The molecule has 1 fully saturated rings. The number of aryl methyl sites for hydroxylation is 1. The smallest absolute Gasteiger partial charge is 0.00375 e. The van der Waals surface area contributed by atoms with E-state index in [9.17, 15) is 0 Å². The van der Waals surface area contributed by atoms with Gasteiger partial charge in [0.1, 0.15) is 0 Å². The van der Waals surface area contributed by atoms with Crippen LogP contribution in [0.25, 0.3) is 0 Å². The number of hydrogen-bond acceptors (Lipinski definition) is 1. The molecule has 0 amide bonds. The van der Waals surface area contributed by atoms with Crippen LogP contribution in [0.3, 0.4) is 0 Å². The highest BCUT2D eigenvalue weighted by atomic mass is 14.7. The summed E-state index contributed by atoms with van der Waals surface area (Å²) in [6.45, 7) is 7.57. The molecule has 1 aromatic rings. The third-order valence-corrected chi connectivity index (χ3v) is 3.74. The van der Waals surface area contributed by atoms with Gasteiger partial charge in [0, 0.05) is 0 Å². The highest BCUT2D eigenvalue weighted by Gasteiger charge is 2.56. The number of hydrogen-bond donors (Lipinski definition) is 1. The van der Waals surface area contributed by atoms with Crippen molar-refractivity contribution in [1.29, 1.82) is 0 Å². The van der Waals surface area contributed by atoms with Crippen LogP contribution in [0.1, 0.15) is 30.9 Å². The Bertz CT molecular complexity index is 324. The molecule has 0 radical (unpaired) electrons. The average molecular weight is 189 g/mol. The fraction of sp³-hybridized carbons (Fsp3) is 0.538. The van der Waals surface area contributed by atoms with Gasteiger partial charge in [0.25, 0.3) is 0 Å². The van der Waals surface area contributed by atoms with Crippen molar-refractivity contribution in [2.24, 2.45) is 17.1 Å². The van der Waals surface area contributed by atoms with Gasteiger partial charge in [0.15, 0.2) is 0 Å². The molecule has 0 bridgehead atoms. The second kappa shape index (κ2) is 3.09. The van der Waals surface area contributed by atoms with Crippen LogP contribution in [-0.2, 0) is 0 Å². The Labute approximate surface area is 86.3 Å². The summed E-state index contributed by atoms with van der Waals surface area (Å²) in [6, 6.07) is 8.88. The van der Waals surface area contributed by atoms with E-state index >= 15 is 0 Å². The van der Waals surface area contributed by atoms with E-state index in [2.05, 4.69) is 45.0 Å². The summed E-state index contributed by atoms with van der Waals surface area (Å²) in [5, 5.41) is 0. The van der Waals surface area contributed by atoms with Gasteiger partial charge in [-0.05, 0) is 36.3 Å². The summed E-state index contributed by atoms with van der Waals surface area (Å²) < 4.78 is 0. The molecule has 2 rings (SSSR count). The van der Waals surface area contributed by atoms with Crippen LogP contribution in [0.4, 0.5) is 0 Å². The zero-order valence-electron chi connectivity index (χ0n) is 9.25. The Morgan fingerprint density at radius 3 is 2.21 bits per heavy atom. The Hall–Kier alpha value is -0.820. The molecule has 1 aliphatic rings. The average Bonchev–Trinajstić information content (AvgIpc) is 2.69. The molecule has 0 saturated heterocycles. The molecule has 0 unspecified atom stereocenters. The summed E-state index contributed by atoms with van der Waals surface area (Å²) in [5.74, 6) is 1.35. The molecule has 0 spiro atoms. The van der Waals surface area contributed by atoms with Crippen molar-refractivity contribution in [3.8, 4) is 0 Å². The van der Waals surface area contributed by atoms with Crippen LogP contribution in [-0.4, -0.2) is 6.54 Å². The van der Waals surface area contributed by atoms with Crippen molar-refractivity contribution in [3.63, 3.8) is 0 Å². The summed E-state index contributed by atoms with van der Waals surface area (Å²) in [5.41, 5.74) is 8.96. The van der Waals surface area contributed by atoms with E-state index in [-0.39, 0.29) is 0 Å². The first-order valence-corrected chi connectivity index (χ1v) is 5.34. The maximum absolute atomic E-state index is 5.77. The molecule has 76 valence electrons. The molecule has 2 N–H and O–H groups in total. The van der Waals surface area contributed by atoms with Crippen molar-refractivity contribution in [1.82, 2.24) is 0 Å². The predicted octanol–water partition coefficient (Wildman–Crippen LogP) is 2.69. The Balaban J connectivity index is 2.22. The van der Waals surface area contributed by atoms with E-state index in [4.69, 9.17) is 5.73 Å². The fourth-order valence-electron chi connectivity index (χ4n) is 2.62. The molecule has 0 heterocycles. The van der Waals surface area contributed by atoms with E-state index in [1.54, 1.807) is 0 Å². The maximum Gasteiger partial charge on any atom is -0.00375 e. The van der Waals surface area contributed by atoms with Crippen LogP contribution in [0.15, 0.2) is 24.3 Å². The van der Waals surface area contributed by atoms with Gasteiger partial charge in [-0.3, -0.25) is 0 Å². The van der Waals surface area contributed by atoms with E-state index in [0.717, 1.165) is 6.54 Å². The van der Waals surface area contributed by atoms with Gasteiger partial charge >= 0.3 is 0 Å². The van der Waals surface area contributed by atoms with E-state index in [0.29, 0.717) is 17.3 Å². The van der Waals surface area contributed by atoms with Crippen LogP contribution in [0.5, 0.6) is 0 Å². The van der Waals surface area contributed by atoms with Crippen LogP contribution in [0, 0.1) is 18.3 Å². The highest BCUT2D eigenvalue weighted by molar-refractivity contribution is 5.33. The SMILES string of the molecule is Cc1ccc([C@H]2[C@H](CN)C2(C)C)cc1. The minimum Gasteiger partial charge on any atom is -0.330 e. The lowest BCUT2D eigenvalue weighted by Crippen LogP contribution is -2.05. The summed E-state index contributed by atoms with van der Waals surface area (Å²) in [4.78, 5) is 0. The second-order valence-electron chi connectivity index (χ2n) is 5.05. The molecule has 0 aliphatic heterocycles. The minimum atomic E-state index is 0.407. The lowest BCUT2D eigenvalue weighted by molar-refractivity contribution is 0.558. The largest absolute Gasteiger partial charge is 0.330 e. The van der Waals surface area contributed by atoms with E-state index in [1.165, 1.54) is 11.1 Å². The normalized spacial score (nSPS) is 28.9. The lowest BCUT2D eigenvalue weighted by atomic mass is 10.0. The molecule has 1 aliphatic carbocycles. The highest BCUT2D eigenvalue weighted by Crippen LogP contribution is 2.63. The van der Waals surface area contributed by atoms with Gasteiger partial charge in [-0.2, -0.15) is 0 Å². The summed E-state index contributed by atoms with van der Waals surface area (Å²) in [7, 11) is 0. The topological polar surface area (TPSA) is 26.0 Å². The molecule has 1 aromatic carbocycles. The molecule has 1 heteroatoms. The second-order valence-corrected chi connectivity index (χ2v) is 5.05. The van der Waals surface area contributed by atoms with Crippen molar-refractivity contribution >= 4 is 0 Å². The lowest BCUT2D eigenvalue weighted by Gasteiger charge is -2.03. The molecular weight excluding hydrogens is 170 g/mol. The van der Waals surface area contributed by atoms with Gasteiger partial charge in [-0.1, -0.05) is 43.7 Å². The predicted molar refractivity (Wildman–Crippen MR) is 60.2 cm³/mol. The van der Waals surface area contributed by atoms with E-state index < -0.39 is 0 Å². The minimum absolute atomic E-state index is 0.407. The zero-order chi connectivity index (χ0) is 10.3. The fourth-order valence-corrected chi connectivity index (χ4v) is 2.62. The molecule has 1 saturated carbocycles. The first-order chi connectivity index (χ1) is 6.57. The van der Waals surface area contributed by atoms with Crippen LogP contribution < -0.4 is 5.73 Å². The van der Waals surface area contributed by atoms with Gasteiger partial charge < -0.3 is 5.73 Å². The van der Waals surface area contributed by atoms with Crippen molar-refractivity contribution in [3.05, 3.63) is 35.4 Å². The van der Waals surface area contributed by atoms with Gasteiger partial charge in [-0.15, -0.1) is 0 Å². The quantitative estimate of drug-likeness (QED) is 0.760. The van der Waals surface area contributed by atoms with Crippen molar-refractivity contribution in [2.45, 2.75) is 26.7 Å². The van der Waals surface area contributed by atoms with Gasteiger partial charge in [0.2, 0.25) is 0 Å². The maximum atomic E-state index is 5.77. The molecule has 14 heavy (non-hydrogen) atoms. The first kappa shape index (κ1) is 9.72. The number of benzene rings is 1. The Morgan fingerprint density at radius 2 is 1.79 bits per heavy atom. The Morgan fingerprint density at radius 1 is 1.21 bits per heavy atom. The van der Waals surface area contributed by atoms with Gasteiger partial charge in [-0.25, -0.2) is 0 Å².